The van der Waals surface area contributed by atoms with Crippen molar-refractivity contribution in [3.05, 3.63) is 80.0 Å². The standard InChI is InChI=1S/C24H26N4O3/c1-14(2)31-18(12-17-8-6-5-7-9-17)13-28-20-11-16(4)15(3)10-19(20)25-21-22(28)26-24(30)27-23(21)29/h5-11,14,18H,12-13H2,1-4H3,(H,27,29,30). The van der Waals surface area contributed by atoms with Gasteiger partial charge in [0.1, 0.15) is 0 Å². The summed E-state index contributed by atoms with van der Waals surface area (Å²) in [6.45, 7) is 8.46. The minimum Gasteiger partial charge on any atom is -0.373 e. The molecular formula is C24H26N4O3. The smallest absolute Gasteiger partial charge is 0.349 e. The Hall–Kier alpha value is -3.32. The highest BCUT2D eigenvalue weighted by atomic mass is 16.5. The fourth-order valence-electron chi connectivity index (χ4n) is 3.86. The Balaban J connectivity index is 1.90. The zero-order chi connectivity index (χ0) is 22.1. The number of aromatic nitrogens is 4. The number of rotatable bonds is 6. The van der Waals surface area contributed by atoms with E-state index < -0.39 is 11.2 Å². The van der Waals surface area contributed by atoms with E-state index in [-0.39, 0.29) is 23.7 Å². The summed E-state index contributed by atoms with van der Waals surface area (Å²) in [6.07, 6.45) is 0.526. The van der Waals surface area contributed by atoms with E-state index in [9.17, 15) is 9.59 Å². The van der Waals surface area contributed by atoms with E-state index in [2.05, 4.69) is 27.1 Å². The Labute approximate surface area is 180 Å². The molecule has 2 heterocycles. The average Bonchev–Trinajstić information content (AvgIpc) is 2.70. The molecule has 7 heteroatoms. The molecule has 1 unspecified atom stereocenters. The van der Waals surface area contributed by atoms with Crippen LogP contribution in [0, 0.1) is 13.8 Å². The SMILES string of the molecule is Cc1cc2nc3c(=O)[nH]c(=O)nc-3n(CC(Cc3ccccc3)OC(C)C)c2cc1C. The van der Waals surface area contributed by atoms with Crippen LogP contribution in [0.5, 0.6) is 0 Å². The van der Waals surface area contributed by atoms with Crippen molar-refractivity contribution in [2.24, 2.45) is 0 Å². The molecule has 2 aromatic rings. The number of aryl methyl sites for hydroxylation is 2. The fraction of sp³-hybridized carbons (Fsp3) is 0.333. The molecule has 1 N–H and O–H groups in total. The van der Waals surface area contributed by atoms with Gasteiger partial charge in [-0.2, -0.15) is 4.98 Å². The van der Waals surface area contributed by atoms with E-state index in [1.165, 1.54) is 0 Å². The number of fused-ring (bicyclic) bond motifs is 2. The normalized spacial score (nSPS) is 12.7. The molecule has 0 aliphatic carbocycles. The van der Waals surface area contributed by atoms with Gasteiger partial charge in [0.25, 0.3) is 5.56 Å². The van der Waals surface area contributed by atoms with Crippen molar-refractivity contribution in [3.8, 4) is 11.5 Å². The van der Waals surface area contributed by atoms with E-state index in [4.69, 9.17) is 4.74 Å². The summed E-state index contributed by atoms with van der Waals surface area (Å²) < 4.78 is 8.14. The highest BCUT2D eigenvalue weighted by Gasteiger charge is 2.22. The van der Waals surface area contributed by atoms with Crippen molar-refractivity contribution in [3.63, 3.8) is 0 Å². The summed E-state index contributed by atoms with van der Waals surface area (Å²) in [7, 11) is 0. The van der Waals surface area contributed by atoms with Gasteiger partial charge in [0, 0.05) is 6.42 Å². The number of H-pyrrole nitrogens is 1. The van der Waals surface area contributed by atoms with Gasteiger partial charge in [0.15, 0.2) is 11.5 Å². The second kappa shape index (κ2) is 8.43. The lowest BCUT2D eigenvalue weighted by molar-refractivity contribution is -0.000460. The first-order chi connectivity index (χ1) is 14.8. The fourth-order valence-corrected chi connectivity index (χ4v) is 3.86. The zero-order valence-corrected chi connectivity index (χ0v) is 18.2. The molecule has 0 bridgehead atoms. The summed E-state index contributed by atoms with van der Waals surface area (Å²) in [5, 5.41) is 0. The van der Waals surface area contributed by atoms with Crippen molar-refractivity contribution < 1.29 is 4.74 Å². The van der Waals surface area contributed by atoms with Gasteiger partial charge in [0.05, 0.1) is 29.8 Å². The number of hydrogen-bond donors (Lipinski definition) is 1. The van der Waals surface area contributed by atoms with Crippen LogP contribution in [0.3, 0.4) is 0 Å². The predicted octanol–water partition coefficient (Wildman–Crippen LogP) is 3.24. The monoisotopic (exact) mass is 418 g/mol. The highest BCUT2D eigenvalue weighted by Crippen LogP contribution is 2.25. The van der Waals surface area contributed by atoms with Gasteiger partial charge in [0.2, 0.25) is 0 Å². The maximum atomic E-state index is 12.5. The molecule has 0 radical (unpaired) electrons. The minimum absolute atomic E-state index is 0.0177. The largest absolute Gasteiger partial charge is 0.373 e. The highest BCUT2D eigenvalue weighted by molar-refractivity contribution is 5.81. The van der Waals surface area contributed by atoms with Crippen molar-refractivity contribution in [2.75, 3.05) is 0 Å². The Kier molecular flexibility index (Phi) is 5.69. The maximum absolute atomic E-state index is 12.5. The van der Waals surface area contributed by atoms with Crippen LogP contribution in [0.15, 0.2) is 52.1 Å². The second-order valence-corrected chi connectivity index (χ2v) is 8.19. The molecule has 0 spiro atoms. The van der Waals surface area contributed by atoms with Crippen molar-refractivity contribution in [1.82, 2.24) is 19.5 Å². The third kappa shape index (κ3) is 4.41. The van der Waals surface area contributed by atoms with E-state index in [0.29, 0.717) is 18.5 Å². The van der Waals surface area contributed by atoms with Gasteiger partial charge >= 0.3 is 5.69 Å². The Morgan fingerprint density at radius 1 is 1.03 bits per heavy atom. The molecule has 7 nitrogen and oxygen atoms in total. The maximum Gasteiger partial charge on any atom is 0.349 e. The molecular weight excluding hydrogens is 392 g/mol. The summed E-state index contributed by atoms with van der Waals surface area (Å²) >= 11 is 0. The number of benzene rings is 2. The lowest BCUT2D eigenvalue weighted by Crippen LogP contribution is -2.32. The van der Waals surface area contributed by atoms with Crippen LogP contribution >= 0.6 is 0 Å². The van der Waals surface area contributed by atoms with E-state index in [0.717, 1.165) is 22.2 Å². The Morgan fingerprint density at radius 2 is 1.74 bits per heavy atom. The van der Waals surface area contributed by atoms with Crippen molar-refractivity contribution in [1.29, 1.82) is 0 Å². The Morgan fingerprint density at radius 3 is 2.45 bits per heavy atom. The molecule has 0 fully saturated rings. The first kappa shape index (κ1) is 20.9. The summed E-state index contributed by atoms with van der Waals surface area (Å²) in [6, 6.07) is 14.1. The van der Waals surface area contributed by atoms with Gasteiger partial charge in [-0.15, -0.1) is 0 Å². The van der Waals surface area contributed by atoms with E-state index in [1.807, 2.05) is 62.6 Å². The third-order valence-electron chi connectivity index (χ3n) is 5.38. The zero-order valence-electron chi connectivity index (χ0n) is 18.2. The van der Waals surface area contributed by atoms with Gasteiger partial charge < -0.3 is 9.30 Å². The molecule has 2 aliphatic rings. The van der Waals surface area contributed by atoms with Crippen molar-refractivity contribution >= 4 is 11.0 Å². The van der Waals surface area contributed by atoms with Crippen LogP contribution in [0.4, 0.5) is 0 Å². The number of aromatic amines is 1. The topological polar surface area (TPSA) is 89.9 Å². The van der Waals surface area contributed by atoms with E-state index in [1.54, 1.807) is 0 Å². The van der Waals surface area contributed by atoms with Gasteiger partial charge in [-0.3, -0.25) is 9.78 Å². The predicted molar refractivity (Wildman–Crippen MR) is 121 cm³/mol. The third-order valence-corrected chi connectivity index (χ3v) is 5.38. The molecule has 0 saturated carbocycles. The van der Waals surface area contributed by atoms with Gasteiger partial charge in [-0.05, 0) is 56.5 Å². The molecule has 31 heavy (non-hydrogen) atoms. The lowest BCUT2D eigenvalue weighted by Gasteiger charge is -2.25. The van der Waals surface area contributed by atoms with Crippen LogP contribution in [-0.4, -0.2) is 31.7 Å². The first-order valence-corrected chi connectivity index (χ1v) is 10.4. The number of hydrogen-bond acceptors (Lipinski definition) is 5. The van der Waals surface area contributed by atoms with Crippen LogP contribution in [0.25, 0.3) is 22.6 Å². The summed E-state index contributed by atoms with van der Waals surface area (Å²) in [4.78, 5) is 35.4. The van der Waals surface area contributed by atoms with Gasteiger partial charge in [-0.1, -0.05) is 30.3 Å². The molecule has 1 atom stereocenters. The molecule has 160 valence electrons. The van der Waals surface area contributed by atoms with Crippen LogP contribution in [-0.2, 0) is 17.7 Å². The average molecular weight is 418 g/mol. The quantitative estimate of drug-likeness (QED) is 0.486. The molecule has 0 aromatic heterocycles. The van der Waals surface area contributed by atoms with Gasteiger partial charge in [-0.25, -0.2) is 9.78 Å². The first-order valence-electron chi connectivity index (χ1n) is 10.4. The summed E-state index contributed by atoms with van der Waals surface area (Å²) in [5.74, 6) is 0.273. The van der Waals surface area contributed by atoms with Crippen LogP contribution < -0.4 is 11.2 Å². The number of nitrogens with one attached hydrogen (secondary N) is 1. The molecule has 2 aliphatic heterocycles. The Bertz CT molecular complexity index is 1310. The molecule has 0 saturated heterocycles. The van der Waals surface area contributed by atoms with Crippen LogP contribution in [0.1, 0.15) is 30.5 Å². The number of ether oxygens (including phenoxy) is 1. The molecule has 0 amide bonds. The van der Waals surface area contributed by atoms with Crippen molar-refractivity contribution in [2.45, 2.75) is 52.9 Å². The molecule has 4 rings (SSSR count). The molecule has 2 aromatic carbocycles. The second-order valence-electron chi connectivity index (χ2n) is 8.19. The number of nitrogens with zero attached hydrogens (tertiary/aromatic N) is 3. The lowest BCUT2D eigenvalue weighted by atomic mass is 10.1. The summed E-state index contributed by atoms with van der Waals surface area (Å²) in [5.41, 5.74) is 3.77. The van der Waals surface area contributed by atoms with E-state index >= 15 is 0 Å². The van der Waals surface area contributed by atoms with Crippen LogP contribution in [0.2, 0.25) is 0 Å². The minimum atomic E-state index is -0.680.